The molecule has 0 aliphatic rings. The number of carbonyl (C=O) groups excluding carboxylic acids is 1. The van der Waals surface area contributed by atoms with Crippen molar-refractivity contribution in [2.24, 2.45) is 0 Å². The predicted octanol–water partition coefficient (Wildman–Crippen LogP) is 1.11. The van der Waals surface area contributed by atoms with Crippen molar-refractivity contribution >= 4 is 5.97 Å². The van der Waals surface area contributed by atoms with E-state index < -0.39 is 0 Å². The lowest BCUT2D eigenvalue weighted by atomic mass is 10.3. The minimum absolute atomic E-state index is 0.217. The second kappa shape index (κ2) is 8.27. The Morgan fingerprint density at radius 2 is 2.42 bits per heavy atom. The molecule has 0 spiro atoms. The molecule has 0 amide bonds. The molecule has 0 aromatic carbocycles. The monoisotopic (exact) mass is 171 g/mol. The van der Waals surface area contributed by atoms with Gasteiger partial charge in [-0.2, -0.15) is 0 Å². The number of rotatable bonds is 7. The average Bonchev–Trinajstić information content (AvgIpc) is 2.09. The van der Waals surface area contributed by atoms with Crippen molar-refractivity contribution < 1.29 is 9.53 Å². The molecule has 0 radical (unpaired) electrons. The Kier molecular flexibility index (Phi) is 7.70. The Labute approximate surface area is 73.8 Å². The Balaban J connectivity index is 3.13. The van der Waals surface area contributed by atoms with Crippen LogP contribution in [0.4, 0.5) is 0 Å². The zero-order valence-corrected chi connectivity index (χ0v) is 7.64. The van der Waals surface area contributed by atoms with Crippen LogP contribution >= 0.6 is 0 Å². The maximum absolute atomic E-state index is 10.8. The van der Waals surface area contributed by atoms with E-state index in [9.17, 15) is 4.79 Å². The van der Waals surface area contributed by atoms with Gasteiger partial charge in [-0.05, 0) is 13.0 Å². The number of unbranched alkanes of at least 4 members (excludes halogenated alkanes) is 1. The smallest absolute Gasteiger partial charge is 0.320 e. The number of ether oxygens (including phenoxy) is 1. The van der Waals surface area contributed by atoms with Crippen molar-refractivity contribution in [1.29, 1.82) is 0 Å². The SMILES string of the molecule is C=CCOC(=O)CNCCCC. The first-order chi connectivity index (χ1) is 5.81. The van der Waals surface area contributed by atoms with Crippen LogP contribution in [0.15, 0.2) is 12.7 Å². The second-order valence-electron chi connectivity index (χ2n) is 2.50. The van der Waals surface area contributed by atoms with Gasteiger partial charge in [0.2, 0.25) is 0 Å². The molecule has 0 aromatic heterocycles. The van der Waals surface area contributed by atoms with E-state index in [0.29, 0.717) is 13.2 Å². The largest absolute Gasteiger partial charge is 0.461 e. The molecule has 0 rings (SSSR count). The quantitative estimate of drug-likeness (QED) is 0.354. The summed E-state index contributed by atoms with van der Waals surface area (Å²) in [6.45, 7) is 7.03. The summed E-state index contributed by atoms with van der Waals surface area (Å²) in [6.07, 6.45) is 3.79. The molecule has 0 fully saturated rings. The number of hydrogen-bond donors (Lipinski definition) is 1. The molecular weight excluding hydrogens is 154 g/mol. The molecule has 0 unspecified atom stereocenters. The standard InChI is InChI=1S/C9H17NO2/c1-3-5-6-10-8-9(11)12-7-4-2/h4,10H,2-3,5-8H2,1H3. The van der Waals surface area contributed by atoms with Gasteiger partial charge in [0, 0.05) is 0 Å². The van der Waals surface area contributed by atoms with Gasteiger partial charge in [0.25, 0.3) is 0 Å². The summed E-state index contributed by atoms with van der Waals surface area (Å²) < 4.78 is 4.75. The highest BCUT2D eigenvalue weighted by Crippen LogP contribution is 1.82. The van der Waals surface area contributed by atoms with E-state index in [1.807, 2.05) is 0 Å². The lowest BCUT2D eigenvalue weighted by Gasteiger charge is -2.02. The highest BCUT2D eigenvalue weighted by Gasteiger charge is 1.98. The van der Waals surface area contributed by atoms with E-state index in [4.69, 9.17) is 4.74 Å². The van der Waals surface area contributed by atoms with Crippen LogP contribution < -0.4 is 5.32 Å². The van der Waals surface area contributed by atoms with E-state index in [1.165, 1.54) is 0 Å². The molecule has 0 atom stereocenters. The Morgan fingerprint density at radius 1 is 1.67 bits per heavy atom. The maximum atomic E-state index is 10.8. The fourth-order valence-electron chi connectivity index (χ4n) is 0.695. The Morgan fingerprint density at radius 3 is 3.00 bits per heavy atom. The van der Waals surface area contributed by atoms with Gasteiger partial charge in [0.05, 0.1) is 6.54 Å². The second-order valence-corrected chi connectivity index (χ2v) is 2.50. The third-order valence-corrected chi connectivity index (χ3v) is 1.34. The fourth-order valence-corrected chi connectivity index (χ4v) is 0.695. The molecule has 12 heavy (non-hydrogen) atoms. The van der Waals surface area contributed by atoms with Crippen molar-refractivity contribution in [2.45, 2.75) is 19.8 Å². The van der Waals surface area contributed by atoms with E-state index in [-0.39, 0.29) is 5.97 Å². The summed E-state index contributed by atoms with van der Waals surface area (Å²) in [7, 11) is 0. The molecule has 0 heterocycles. The van der Waals surface area contributed by atoms with Gasteiger partial charge in [-0.25, -0.2) is 0 Å². The summed E-state index contributed by atoms with van der Waals surface area (Å²) in [5.74, 6) is -0.217. The van der Waals surface area contributed by atoms with Gasteiger partial charge in [-0.3, -0.25) is 4.79 Å². The average molecular weight is 171 g/mol. The van der Waals surface area contributed by atoms with E-state index in [0.717, 1.165) is 19.4 Å². The molecule has 3 heteroatoms. The van der Waals surface area contributed by atoms with E-state index in [1.54, 1.807) is 6.08 Å². The molecule has 70 valence electrons. The Bertz CT molecular complexity index is 134. The molecule has 1 N–H and O–H groups in total. The highest BCUT2D eigenvalue weighted by atomic mass is 16.5. The molecule has 0 aromatic rings. The maximum Gasteiger partial charge on any atom is 0.320 e. The third kappa shape index (κ3) is 7.28. The van der Waals surface area contributed by atoms with Crippen molar-refractivity contribution in [1.82, 2.24) is 5.32 Å². The fraction of sp³-hybridized carbons (Fsp3) is 0.667. The molecular formula is C9H17NO2. The topological polar surface area (TPSA) is 38.3 Å². The normalized spacial score (nSPS) is 9.42. The Hall–Kier alpha value is -0.830. The van der Waals surface area contributed by atoms with Crippen LogP contribution in [0.3, 0.4) is 0 Å². The highest BCUT2D eigenvalue weighted by molar-refractivity contribution is 5.71. The van der Waals surface area contributed by atoms with Crippen LogP contribution in [0.1, 0.15) is 19.8 Å². The summed E-state index contributed by atoms with van der Waals surface area (Å²) in [5.41, 5.74) is 0. The summed E-state index contributed by atoms with van der Waals surface area (Å²) >= 11 is 0. The third-order valence-electron chi connectivity index (χ3n) is 1.34. The molecule has 0 aliphatic carbocycles. The van der Waals surface area contributed by atoms with Gasteiger partial charge >= 0.3 is 5.97 Å². The molecule has 0 saturated carbocycles. The van der Waals surface area contributed by atoms with Crippen molar-refractivity contribution in [2.75, 3.05) is 19.7 Å². The van der Waals surface area contributed by atoms with Gasteiger partial charge in [0.15, 0.2) is 0 Å². The van der Waals surface area contributed by atoms with Crippen LogP contribution in [0.25, 0.3) is 0 Å². The summed E-state index contributed by atoms with van der Waals surface area (Å²) in [4.78, 5) is 10.8. The zero-order chi connectivity index (χ0) is 9.23. The van der Waals surface area contributed by atoms with Crippen molar-refractivity contribution in [3.8, 4) is 0 Å². The molecule has 0 saturated heterocycles. The number of esters is 1. The number of hydrogen-bond acceptors (Lipinski definition) is 3. The van der Waals surface area contributed by atoms with Crippen molar-refractivity contribution in [3.05, 3.63) is 12.7 Å². The first kappa shape index (κ1) is 11.2. The van der Waals surface area contributed by atoms with Crippen LogP contribution in [0.5, 0.6) is 0 Å². The van der Waals surface area contributed by atoms with Crippen LogP contribution in [0, 0.1) is 0 Å². The van der Waals surface area contributed by atoms with E-state index >= 15 is 0 Å². The summed E-state index contributed by atoms with van der Waals surface area (Å²) in [5, 5.41) is 2.99. The van der Waals surface area contributed by atoms with Crippen LogP contribution in [-0.2, 0) is 9.53 Å². The van der Waals surface area contributed by atoms with Crippen molar-refractivity contribution in [3.63, 3.8) is 0 Å². The summed E-state index contributed by atoms with van der Waals surface area (Å²) in [6, 6.07) is 0. The first-order valence-corrected chi connectivity index (χ1v) is 4.28. The molecule has 3 nitrogen and oxygen atoms in total. The zero-order valence-electron chi connectivity index (χ0n) is 7.64. The molecule has 0 bridgehead atoms. The van der Waals surface area contributed by atoms with Crippen LogP contribution in [-0.4, -0.2) is 25.7 Å². The van der Waals surface area contributed by atoms with E-state index in [2.05, 4.69) is 18.8 Å². The lowest BCUT2D eigenvalue weighted by Crippen LogP contribution is -2.25. The van der Waals surface area contributed by atoms with Gasteiger partial charge in [0.1, 0.15) is 6.61 Å². The van der Waals surface area contributed by atoms with Crippen LogP contribution in [0.2, 0.25) is 0 Å². The number of nitrogens with one attached hydrogen (secondary N) is 1. The number of carbonyl (C=O) groups is 1. The minimum Gasteiger partial charge on any atom is -0.461 e. The predicted molar refractivity (Wildman–Crippen MR) is 48.9 cm³/mol. The molecule has 0 aliphatic heterocycles. The van der Waals surface area contributed by atoms with Gasteiger partial charge < -0.3 is 10.1 Å². The lowest BCUT2D eigenvalue weighted by molar-refractivity contribution is -0.141. The first-order valence-electron chi connectivity index (χ1n) is 4.28. The minimum atomic E-state index is -0.217. The van der Waals surface area contributed by atoms with Gasteiger partial charge in [-0.15, -0.1) is 0 Å². The van der Waals surface area contributed by atoms with Gasteiger partial charge in [-0.1, -0.05) is 26.0 Å².